The summed E-state index contributed by atoms with van der Waals surface area (Å²) >= 11 is 0. The quantitative estimate of drug-likeness (QED) is 0.715. The van der Waals surface area contributed by atoms with Gasteiger partial charge in [0.05, 0.1) is 30.3 Å². The van der Waals surface area contributed by atoms with E-state index in [1.807, 2.05) is 18.7 Å². The molecule has 1 aliphatic heterocycles. The minimum absolute atomic E-state index is 0.122. The van der Waals surface area contributed by atoms with Crippen molar-refractivity contribution in [2.24, 2.45) is 0 Å². The van der Waals surface area contributed by atoms with Gasteiger partial charge >= 0.3 is 0 Å². The number of nitrogens with one attached hydrogen (secondary N) is 1. The van der Waals surface area contributed by atoms with E-state index in [0.29, 0.717) is 48.5 Å². The van der Waals surface area contributed by atoms with Gasteiger partial charge in [-0.3, -0.25) is 9.59 Å². The topological polar surface area (TPSA) is 76.5 Å². The first-order valence-corrected chi connectivity index (χ1v) is 9.91. The maximum absolute atomic E-state index is 14.7. The number of amides is 1. The molecule has 4 rings (SSSR count). The number of hydrogen-bond acceptors (Lipinski definition) is 5. The van der Waals surface area contributed by atoms with Crippen molar-refractivity contribution in [1.29, 1.82) is 0 Å². The number of benzene rings is 2. The molecular weight excluding hydrogens is 387 g/mol. The summed E-state index contributed by atoms with van der Waals surface area (Å²) in [7, 11) is 0. The Balaban J connectivity index is 1.66. The fourth-order valence-corrected chi connectivity index (χ4v) is 3.56. The maximum atomic E-state index is 14.7. The van der Waals surface area contributed by atoms with Gasteiger partial charge in [-0.2, -0.15) is 5.10 Å². The van der Waals surface area contributed by atoms with Crippen LogP contribution in [0, 0.1) is 5.82 Å². The van der Waals surface area contributed by atoms with Crippen molar-refractivity contribution < 1.29 is 13.9 Å². The fraction of sp³-hybridized carbons (Fsp3) is 0.318. The first-order valence-electron chi connectivity index (χ1n) is 9.91. The summed E-state index contributed by atoms with van der Waals surface area (Å²) in [5.41, 5.74) is 0.672. The van der Waals surface area contributed by atoms with Crippen LogP contribution in [0.4, 0.5) is 15.8 Å². The third-order valence-electron chi connectivity index (χ3n) is 5.09. The second-order valence-corrected chi connectivity index (χ2v) is 7.46. The predicted molar refractivity (Wildman–Crippen MR) is 114 cm³/mol. The molecular formula is C22H23FN4O3. The molecule has 156 valence electrons. The molecule has 2 heterocycles. The maximum Gasteiger partial charge on any atom is 0.276 e. The number of ether oxygens (including phenoxy) is 1. The minimum Gasteiger partial charge on any atom is -0.378 e. The van der Waals surface area contributed by atoms with Crippen LogP contribution >= 0.6 is 0 Å². The van der Waals surface area contributed by atoms with Crippen LogP contribution in [-0.4, -0.2) is 42.0 Å². The van der Waals surface area contributed by atoms with Gasteiger partial charge in [-0.25, -0.2) is 9.07 Å². The molecule has 0 unspecified atom stereocenters. The molecule has 7 nitrogen and oxygen atoms in total. The van der Waals surface area contributed by atoms with E-state index in [1.165, 1.54) is 10.7 Å². The summed E-state index contributed by atoms with van der Waals surface area (Å²) in [4.78, 5) is 27.5. The number of fused-ring (bicyclic) bond motifs is 1. The van der Waals surface area contributed by atoms with Gasteiger partial charge in [0.1, 0.15) is 5.82 Å². The van der Waals surface area contributed by atoms with Gasteiger partial charge < -0.3 is 15.0 Å². The number of morpholine rings is 1. The van der Waals surface area contributed by atoms with E-state index in [-0.39, 0.29) is 17.3 Å². The normalized spacial score (nSPS) is 14.3. The number of rotatable bonds is 4. The Morgan fingerprint density at radius 1 is 1.13 bits per heavy atom. The van der Waals surface area contributed by atoms with Gasteiger partial charge in [-0.15, -0.1) is 0 Å². The number of hydrogen-bond donors (Lipinski definition) is 1. The van der Waals surface area contributed by atoms with E-state index < -0.39 is 11.7 Å². The molecule has 1 aromatic heterocycles. The molecule has 0 aliphatic carbocycles. The molecule has 1 aliphatic rings. The van der Waals surface area contributed by atoms with Crippen LogP contribution < -0.4 is 15.8 Å². The molecule has 0 atom stereocenters. The molecule has 1 amide bonds. The summed E-state index contributed by atoms with van der Waals surface area (Å²) < 4.78 is 21.3. The van der Waals surface area contributed by atoms with E-state index in [1.54, 1.807) is 36.4 Å². The highest BCUT2D eigenvalue weighted by Gasteiger charge is 2.19. The van der Waals surface area contributed by atoms with Gasteiger partial charge in [-0.1, -0.05) is 18.2 Å². The summed E-state index contributed by atoms with van der Waals surface area (Å²) in [5, 5.41) is 7.87. The largest absolute Gasteiger partial charge is 0.378 e. The van der Waals surface area contributed by atoms with Crippen molar-refractivity contribution in [3.05, 3.63) is 64.3 Å². The van der Waals surface area contributed by atoms with Crippen molar-refractivity contribution in [2.45, 2.75) is 19.9 Å². The standard InChI is InChI=1S/C22H23FN4O3/c1-14(2)27-22(29)17-6-4-3-5-16(17)20(25-27)21(28)24-15-7-8-19(18(23)13-15)26-9-11-30-12-10-26/h3-8,13-14H,9-12H2,1-2H3,(H,24,28). The second kappa shape index (κ2) is 8.23. The van der Waals surface area contributed by atoms with E-state index in [2.05, 4.69) is 10.4 Å². The SMILES string of the molecule is CC(C)n1nc(C(=O)Nc2ccc(N3CCOCC3)c(F)c2)c2ccccc2c1=O. The highest BCUT2D eigenvalue weighted by atomic mass is 19.1. The summed E-state index contributed by atoms with van der Waals surface area (Å²) in [6.07, 6.45) is 0. The second-order valence-electron chi connectivity index (χ2n) is 7.46. The molecule has 8 heteroatoms. The lowest BCUT2D eigenvalue weighted by Gasteiger charge is -2.29. The molecule has 1 N–H and O–H groups in total. The molecule has 0 bridgehead atoms. The van der Waals surface area contributed by atoms with Crippen LogP contribution in [0.1, 0.15) is 30.4 Å². The van der Waals surface area contributed by atoms with Crippen LogP contribution in [-0.2, 0) is 4.74 Å². The van der Waals surface area contributed by atoms with E-state index in [9.17, 15) is 14.0 Å². The van der Waals surface area contributed by atoms with Gasteiger partial charge in [-0.05, 0) is 38.1 Å². The van der Waals surface area contributed by atoms with Crippen LogP contribution in [0.15, 0.2) is 47.3 Å². The lowest BCUT2D eigenvalue weighted by atomic mass is 10.1. The Morgan fingerprint density at radius 3 is 2.50 bits per heavy atom. The van der Waals surface area contributed by atoms with Gasteiger partial charge in [0.15, 0.2) is 5.69 Å². The summed E-state index contributed by atoms with van der Waals surface area (Å²) in [6.45, 7) is 6.00. The zero-order valence-electron chi connectivity index (χ0n) is 16.9. The number of carbonyl (C=O) groups is 1. The van der Waals surface area contributed by atoms with Gasteiger partial charge in [0.25, 0.3) is 11.5 Å². The lowest BCUT2D eigenvalue weighted by Crippen LogP contribution is -2.36. The minimum atomic E-state index is -0.501. The number of nitrogens with zero attached hydrogens (tertiary/aromatic N) is 3. The van der Waals surface area contributed by atoms with Gasteiger partial charge in [0.2, 0.25) is 0 Å². The zero-order chi connectivity index (χ0) is 21.3. The third-order valence-corrected chi connectivity index (χ3v) is 5.09. The van der Waals surface area contributed by atoms with E-state index in [4.69, 9.17) is 4.74 Å². The van der Waals surface area contributed by atoms with Crippen LogP contribution in [0.5, 0.6) is 0 Å². The Labute approximate surface area is 173 Å². The van der Waals surface area contributed by atoms with E-state index in [0.717, 1.165) is 0 Å². The van der Waals surface area contributed by atoms with Crippen molar-refractivity contribution in [2.75, 3.05) is 36.5 Å². The molecule has 1 fully saturated rings. The Hall–Kier alpha value is -3.26. The Bertz CT molecular complexity index is 1150. The molecule has 3 aromatic rings. The lowest BCUT2D eigenvalue weighted by molar-refractivity contribution is 0.102. The first-order chi connectivity index (χ1) is 14.5. The number of carbonyl (C=O) groups excluding carboxylic acids is 1. The van der Waals surface area contributed by atoms with Crippen LogP contribution in [0.3, 0.4) is 0 Å². The first kappa shape index (κ1) is 20.0. The smallest absolute Gasteiger partial charge is 0.276 e. The Morgan fingerprint density at radius 2 is 1.83 bits per heavy atom. The zero-order valence-corrected chi connectivity index (χ0v) is 16.9. The third kappa shape index (κ3) is 3.78. The number of aromatic nitrogens is 2. The van der Waals surface area contributed by atoms with Crippen molar-refractivity contribution in [3.8, 4) is 0 Å². The van der Waals surface area contributed by atoms with Crippen molar-refractivity contribution in [3.63, 3.8) is 0 Å². The predicted octanol–water partition coefficient (Wildman–Crippen LogP) is 3.21. The molecule has 1 saturated heterocycles. The molecule has 0 radical (unpaired) electrons. The highest BCUT2D eigenvalue weighted by Crippen LogP contribution is 2.24. The molecule has 0 saturated carbocycles. The van der Waals surface area contributed by atoms with Crippen molar-refractivity contribution >= 4 is 28.1 Å². The average Bonchev–Trinajstić information content (AvgIpc) is 2.74. The van der Waals surface area contributed by atoms with Crippen LogP contribution in [0.25, 0.3) is 10.8 Å². The summed E-state index contributed by atoms with van der Waals surface area (Å²) in [5.74, 6) is -0.918. The van der Waals surface area contributed by atoms with Crippen LogP contribution in [0.2, 0.25) is 0 Å². The number of halogens is 1. The average molecular weight is 410 g/mol. The monoisotopic (exact) mass is 410 g/mol. The fourth-order valence-electron chi connectivity index (χ4n) is 3.56. The summed E-state index contributed by atoms with van der Waals surface area (Å²) in [6, 6.07) is 11.2. The molecule has 2 aromatic carbocycles. The molecule has 30 heavy (non-hydrogen) atoms. The highest BCUT2D eigenvalue weighted by molar-refractivity contribution is 6.11. The Kier molecular flexibility index (Phi) is 5.50. The van der Waals surface area contributed by atoms with E-state index >= 15 is 0 Å². The molecule has 0 spiro atoms. The van der Waals surface area contributed by atoms with Crippen molar-refractivity contribution in [1.82, 2.24) is 9.78 Å². The number of anilines is 2. The van der Waals surface area contributed by atoms with Gasteiger partial charge in [0, 0.05) is 24.2 Å².